The number of hydrogen-bond acceptors (Lipinski definition) is 2. The van der Waals surface area contributed by atoms with Gasteiger partial charge in [0.2, 0.25) is 0 Å². The first-order valence-electron chi connectivity index (χ1n) is 5.07. The number of anilines is 1. The number of aromatic nitrogens is 1. The first-order chi connectivity index (χ1) is 8.47. The quantitative estimate of drug-likeness (QED) is 0.819. The van der Waals surface area contributed by atoms with Crippen LogP contribution in [0.3, 0.4) is 0 Å². The summed E-state index contributed by atoms with van der Waals surface area (Å²) in [5.74, 6) is -0.390. The summed E-state index contributed by atoms with van der Waals surface area (Å²) in [6.07, 6.45) is 1.66. The molecule has 0 radical (unpaired) electrons. The van der Waals surface area contributed by atoms with Crippen molar-refractivity contribution in [2.45, 2.75) is 6.54 Å². The van der Waals surface area contributed by atoms with Crippen molar-refractivity contribution in [1.82, 2.24) is 4.57 Å². The normalized spacial score (nSPS) is 10.6. The Labute approximate surface area is 120 Å². The van der Waals surface area contributed by atoms with E-state index in [0.29, 0.717) is 22.3 Å². The Hall–Kier alpha value is -1.14. The number of nitrogen functional groups attached to an aromatic ring is 1. The van der Waals surface area contributed by atoms with Crippen molar-refractivity contribution in [3.8, 4) is 0 Å². The zero-order valence-corrected chi connectivity index (χ0v) is 12.3. The minimum Gasteiger partial charge on any atom is -0.398 e. The van der Waals surface area contributed by atoms with E-state index in [4.69, 9.17) is 5.73 Å². The van der Waals surface area contributed by atoms with Gasteiger partial charge in [0.25, 0.3) is 5.56 Å². The topological polar surface area (TPSA) is 48.0 Å². The Kier molecular flexibility index (Phi) is 3.87. The Morgan fingerprint density at radius 2 is 2.00 bits per heavy atom. The van der Waals surface area contributed by atoms with Gasteiger partial charge in [0.1, 0.15) is 5.82 Å². The number of hydrogen-bond donors (Lipinski definition) is 1. The molecule has 0 aliphatic carbocycles. The number of benzene rings is 1. The molecule has 2 N–H and O–H groups in total. The van der Waals surface area contributed by atoms with Gasteiger partial charge >= 0.3 is 0 Å². The second-order valence-electron chi connectivity index (χ2n) is 3.78. The minimum atomic E-state index is -0.390. The fourth-order valence-electron chi connectivity index (χ4n) is 1.58. The summed E-state index contributed by atoms with van der Waals surface area (Å²) in [5.41, 5.74) is 6.58. The van der Waals surface area contributed by atoms with E-state index in [1.165, 1.54) is 16.7 Å². The fourth-order valence-corrected chi connectivity index (χ4v) is 2.83. The Balaban J connectivity index is 2.43. The van der Waals surface area contributed by atoms with Gasteiger partial charge in [-0.15, -0.1) is 0 Å². The van der Waals surface area contributed by atoms with E-state index < -0.39 is 0 Å². The SMILES string of the molecule is Nc1cc(F)ccc1Cn1cc(Br)cc(Br)c1=O. The highest BCUT2D eigenvalue weighted by Gasteiger charge is 2.06. The number of halogens is 3. The molecule has 0 amide bonds. The molecule has 2 rings (SSSR count). The second kappa shape index (κ2) is 5.24. The summed E-state index contributed by atoms with van der Waals surface area (Å²) in [4.78, 5) is 11.9. The number of nitrogens with zero attached hydrogens (tertiary/aromatic N) is 1. The highest BCUT2D eigenvalue weighted by atomic mass is 79.9. The smallest absolute Gasteiger partial charge is 0.265 e. The maximum Gasteiger partial charge on any atom is 0.265 e. The maximum atomic E-state index is 12.9. The Morgan fingerprint density at radius 1 is 1.28 bits per heavy atom. The Morgan fingerprint density at radius 3 is 2.67 bits per heavy atom. The lowest BCUT2D eigenvalue weighted by Gasteiger charge is -2.09. The minimum absolute atomic E-state index is 0.165. The van der Waals surface area contributed by atoms with Gasteiger partial charge in [0.05, 0.1) is 11.0 Å². The molecule has 0 spiro atoms. The number of pyridine rings is 1. The van der Waals surface area contributed by atoms with Crippen LogP contribution in [-0.2, 0) is 6.54 Å². The van der Waals surface area contributed by atoms with Crippen LogP contribution in [0, 0.1) is 5.82 Å². The monoisotopic (exact) mass is 374 g/mol. The van der Waals surface area contributed by atoms with Crippen LogP contribution in [0.2, 0.25) is 0 Å². The first kappa shape index (κ1) is 13.3. The fraction of sp³-hybridized carbons (Fsp3) is 0.0833. The van der Waals surface area contributed by atoms with Gasteiger partial charge in [-0.2, -0.15) is 0 Å². The van der Waals surface area contributed by atoms with Crippen molar-refractivity contribution in [2.75, 3.05) is 5.73 Å². The molecule has 1 heterocycles. The number of rotatable bonds is 2. The van der Waals surface area contributed by atoms with E-state index in [9.17, 15) is 9.18 Å². The molecule has 18 heavy (non-hydrogen) atoms. The molecule has 0 atom stereocenters. The standard InChI is InChI=1S/C12H9Br2FN2O/c13-8-3-10(14)12(18)17(6-8)5-7-1-2-9(15)4-11(7)16/h1-4,6H,5,16H2. The summed E-state index contributed by atoms with van der Waals surface area (Å²) < 4.78 is 15.7. The third-order valence-corrected chi connectivity index (χ3v) is 3.46. The van der Waals surface area contributed by atoms with Crippen molar-refractivity contribution in [1.29, 1.82) is 0 Å². The Bertz CT molecular complexity index is 655. The van der Waals surface area contributed by atoms with Crippen molar-refractivity contribution in [3.05, 3.63) is 61.1 Å². The third kappa shape index (κ3) is 2.81. The summed E-state index contributed by atoms with van der Waals surface area (Å²) in [5, 5.41) is 0. The highest BCUT2D eigenvalue weighted by Crippen LogP contribution is 2.17. The lowest BCUT2D eigenvalue weighted by Crippen LogP contribution is -2.21. The molecule has 0 unspecified atom stereocenters. The van der Waals surface area contributed by atoms with Gasteiger partial charge in [-0.05, 0) is 55.6 Å². The molecule has 94 valence electrons. The van der Waals surface area contributed by atoms with Crippen molar-refractivity contribution in [3.63, 3.8) is 0 Å². The van der Waals surface area contributed by atoms with Gasteiger partial charge in [-0.3, -0.25) is 4.79 Å². The average Bonchev–Trinajstić information content (AvgIpc) is 2.29. The molecule has 0 aliphatic heterocycles. The molecular formula is C12H9Br2FN2O. The van der Waals surface area contributed by atoms with Crippen LogP contribution in [-0.4, -0.2) is 4.57 Å². The molecule has 0 fully saturated rings. The lowest BCUT2D eigenvalue weighted by atomic mass is 10.1. The predicted octanol–water partition coefficient (Wildman–Crippen LogP) is 3.14. The van der Waals surface area contributed by atoms with Crippen molar-refractivity contribution < 1.29 is 4.39 Å². The van der Waals surface area contributed by atoms with Crippen LogP contribution in [0.5, 0.6) is 0 Å². The second-order valence-corrected chi connectivity index (χ2v) is 5.55. The van der Waals surface area contributed by atoms with Crippen molar-refractivity contribution >= 4 is 37.5 Å². The van der Waals surface area contributed by atoms with E-state index in [1.54, 1.807) is 18.3 Å². The summed E-state index contributed by atoms with van der Waals surface area (Å²) >= 11 is 6.50. The largest absolute Gasteiger partial charge is 0.398 e. The highest BCUT2D eigenvalue weighted by molar-refractivity contribution is 9.11. The molecular weight excluding hydrogens is 367 g/mol. The molecule has 1 aromatic heterocycles. The van der Waals surface area contributed by atoms with Gasteiger partial charge in [0, 0.05) is 16.4 Å². The summed E-state index contributed by atoms with van der Waals surface area (Å²) in [6.45, 7) is 0.295. The number of nitrogens with two attached hydrogens (primary N) is 1. The molecule has 1 aromatic carbocycles. The summed E-state index contributed by atoms with van der Waals surface area (Å²) in [7, 11) is 0. The molecule has 0 bridgehead atoms. The van der Waals surface area contributed by atoms with Gasteiger partial charge in [0.15, 0.2) is 0 Å². The van der Waals surface area contributed by atoms with Crippen LogP contribution in [0.4, 0.5) is 10.1 Å². The maximum absolute atomic E-state index is 12.9. The van der Waals surface area contributed by atoms with E-state index >= 15 is 0 Å². The van der Waals surface area contributed by atoms with Crippen LogP contribution >= 0.6 is 31.9 Å². The van der Waals surface area contributed by atoms with E-state index in [2.05, 4.69) is 31.9 Å². The lowest BCUT2D eigenvalue weighted by molar-refractivity contribution is 0.627. The van der Waals surface area contributed by atoms with E-state index in [0.717, 1.165) is 4.47 Å². The average molecular weight is 376 g/mol. The van der Waals surface area contributed by atoms with Crippen LogP contribution < -0.4 is 11.3 Å². The van der Waals surface area contributed by atoms with Gasteiger partial charge < -0.3 is 10.3 Å². The van der Waals surface area contributed by atoms with Gasteiger partial charge in [-0.25, -0.2) is 4.39 Å². The zero-order valence-electron chi connectivity index (χ0n) is 9.16. The first-order valence-corrected chi connectivity index (χ1v) is 6.65. The van der Waals surface area contributed by atoms with E-state index in [-0.39, 0.29) is 11.4 Å². The third-order valence-electron chi connectivity index (χ3n) is 2.46. The summed E-state index contributed by atoms with van der Waals surface area (Å²) in [6, 6.07) is 5.82. The molecule has 6 heteroatoms. The molecule has 3 nitrogen and oxygen atoms in total. The van der Waals surface area contributed by atoms with Crippen LogP contribution in [0.25, 0.3) is 0 Å². The van der Waals surface area contributed by atoms with Crippen LogP contribution in [0.1, 0.15) is 5.56 Å². The van der Waals surface area contributed by atoms with Crippen LogP contribution in [0.15, 0.2) is 44.2 Å². The zero-order chi connectivity index (χ0) is 13.3. The molecule has 0 saturated heterocycles. The molecule has 2 aromatic rings. The molecule has 0 aliphatic rings. The van der Waals surface area contributed by atoms with Crippen molar-refractivity contribution in [2.24, 2.45) is 0 Å². The van der Waals surface area contributed by atoms with Gasteiger partial charge in [-0.1, -0.05) is 6.07 Å². The predicted molar refractivity (Wildman–Crippen MR) is 76.0 cm³/mol. The van der Waals surface area contributed by atoms with E-state index in [1.807, 2.05) is 0 Å². The molecule has 0 saturated carbocycles.